The molecule has 0 radical (unpaired) electrons. The van der Waals surface area contributed by atoms with Gasteiger partial charge in [-0.25, -0.2) is 17.6 Å². The van der Waals surface area contributed by atoms with Gasteiger partial charge in [0.05, 0.1) is 11.9 Å². The number of carbonyl (C=O) groups is 1. The zero-order valence-corrected chi connectivity index (χ0v) is 25.9. The number of nitrogens with one attached hydrogen (secondary N) is 2. The van der Waals surface area contributed by atoms with E-state index in [1.54, 1.807) is 30.3 Å². The van der Waals surface area contributed by atoms with E-state index in [9.17, 15) is 17.6 Å². The summed E-state index contributed by atoms with van der Waals surface area (Å²) in [6, 6.07) is 19.4. The molecular formula is C31H40ClFN4O4S. The molecule has 1 aliphatic heterocycles. The van der Waals surface area contributed by atoms with Crippen molar-refractivity contribution in [2.45, 2.75) is 52.1 Å². The van der Waals surface area contributed by atoms with Crippen LogP contribution in [-0.2, 0) is 16.6 Å². The van der Waals surface area contributed by atoms with Gasteiger partial charge >= 0.3 is 6.03 Å². The largest absolute Gasteiger partial charge is 0.457 e. The van der Waals surface area contributed by atoms with Crippen LogP contribution in [0.25, 0.3) is 0 Å². The predicted octanol–water partition coefficient (Wildman–Crippen LogP) is 6.70. The molecule has 0 atom stereocenters. The first-order valence-electron chi connectivity index (χ1n) is 14.0. The molecule has 11 heteroatoms. The first-order chi connectivity index (χ1) is 19.6. The monoisotopic (exact) mass is 618 g/mol. The summed E-state index contributed by atoms with van der Waals surface area (Å²) in [5.74, 6) is 0.929. The summed E-state index contributed by atoms with van der Waals surface area (Å²) < 4.78 is 45.7. The number of benzene rings is 3. The first-order valence-corrected chi connectivity index (χ1v) is 15.9. The zero-order valence-electron chi connectivity index (χ0n) is 24.3. The number of nitrogens with zero attached hydrogens (tertiary/aromatic N) is 2. The second-order valence-electron chi connectivity index (χ2n) is 10.6. The normalized spacial score (nSPS) is 14.1. The highest BCUT2D eigenvalue weighted by molar-refractivity contribution is 7.92. The van der Waals surface area contributed by atoms with E-state index < -0.39 is 10.0 Å². The topological polar surface area (TPSA) is 91.0 Å². The van der Waals surface area contributed by atoms with Gasteiger partial charge in [-0.05, 0) is 85.8 Å². The lowest BCUT2D eigenvalue weighted by atomic mass is 10.0. The number of ether oxygens (including phenoxy) is 1. The molecule has 8 nitrogen and oxygen atoms in total. The standard InChI is InChI=1S/C31H39FN4O4S.ClH/c1-4-5-18-36(30-15-6-23(2)21-29(30)32)31(37)33-25-16-19-35(20-17-25)22-24-7-11-27(12-8-24)40-28-13-9-26(10-14-28)34-41(3,38)39;/h6-15,21,25,34H,4-5,16-20,22H2,1-3H3,(H,33,37);1H. The van der Waals surface area contributed by atoms with Gasteiger partial charge < -0.3 is 10.1 Å². The molecule has 0 spiro atoms. The summed E-state index contributed by atoms with van der Waals surface area (Å²) in [5.41, 5.74) is 2.79. The van der Waals surface area contributed by atoms with Crippen molar-refractivity contribution in [2.24, 2.45) is 0 Å². The highest BCUT2D eigenvalue weighted by atomic mass is 35.5. The molecule has 1 aliphatic rings. The van der Waals surface area contributed by atoms with Gasteiger partial charge in [0.25, 0.3) is 0 Å². The highest BCUT2D eigenvalue weighted by Crippen LogP contribution is 2.25. The summed E-state index contributed by atoms with van der Waals surface area (Å²) in [7, 11) is -3.32. The van der Waals surface area contributed by atoms with Crippen molar-refractivity contribution in [3.8, 4) is 11.5 Å². The Morgan fingerprint density at radius 1 is 1.02 bits per heavy atom. The van der Waals surface area contributed by atoms with Crippen molar-refractivity contribution in [2.75, 3.05) is 35.5 Å². The zero-order chi connectivity index (χ0) is 29.4. The van der Waals surface area contributed by atoms with Gasteiger partial charge in [0, 0.05) is 37.9 Å². The van der Waals surface area contributed by atoms with Crippen LogP contribution in [0.4, 0.5) is 20.6 Å². The molecule has 0 aromatic heterocycles. The van der Waals surface area contributed by atoms with Gasteiger partial charge in [-0.3, -0.25) is 14.5 Å². The number of hydrogen-bond acceptors (Lipinski definition) is 5. The molecule has 1 saturated heterocycles. The molecule has 0 aliphatic carbocycles. The minimum atomic E-state index is -3.32. The number of carbonyl (C=O) groups excluding carboxylic acids is 1. The van der Waals surface area contributed by atoms with E-state index in [0.29, 0.717) is 29.4 Å². The minimum absolute atomic E-state index is 0. The number of piperidine rings is 1. The summed E-state index contributed by atoms with van der Waals surface area (Å²) in [4.78, 5) is 17.1. The lowest BCUT2D eigenvalue weighted by Gasteiger charge is -2.34. The molecule has 1 heterocycles. The van der Waals surface area contributed by atoms with Crippen LogP contribution in [0.2, 0.25) is 0 Å². The second kappa shape index (κ2) is 15.2. The maximum absolute atomic E-state index is 14.7. The lowest BCUT2D eigenvalue weighted by Crippen LogP contribution is -2.49. The summed E-state index contributed by atoms with van der Waals surface area (Å²) in [6.07, 6.45) is 4.49. The van der Waals surface area contributed by atoms with Gasteiger partial charge in [-0.1, -0.05) is 31.5 Å². The number of hydrogen-bond donors (Lipinski definition) is 2. The van der Waals surface area contributed by atoms with Gasteiger partial charge in [0.2, 0.25) is 10.0 Å². The molecule has 0 unspecified atom stereocenters. The number of sulfonamides is 1. The van der Waals surface area contributed by atoms with Gasteiger partial charge in [0.1, 0.15) is 17.3 Å². The lowest BCUT2D eigenvalue weighted by molar-refractivity contribution is 0.188. The number of urea groups is 1. The van der Waals surface area contributed by atoms with E-state index in [1.807, 2.05) is 37.3 Å². The quantitative estimate of drug-likeness (QED) is 0.250. The summed E-state index contributed by atoms with van der Waals surface area (Å²) >= 11 is 0. The molecule has 1 fully saturated rings. The molecule has 4 rings (SSSR count). The van der Waals surface area contributed by atoms with E-state index >= 15 is 0 Å². The number of halogens is 2. The van der Waals surface area contributed by atoms with Crippen LogP contribution in [0.15, 0.2) is 66.7 Å². The molecule has 228 valence electrons. The van der Waals surface area contributed by atoms with E-state index in [1.165, 1.54) is 11.0 Å². The third kappa shape index (κ3) is 9.89. The minimum Gasteiger partial charge on any atom is -0.457 e. The Morgan fingerprint density at radius 2 is 1.64 bits per heavy atom. The van der Waals surface area contributed by atoms with E-state index in [0.717, 1.165) is 62.7 Å². The average molecular weight is 619 g/mol. The van der Waals surface area contributed by atoms with E-state index in [-0.39, 0.29) is 30.3 Å². The van der Waals surface area contributed by atoms with Gasteiger partial charge in [0.15, 0.2) is 0 Å². The fourth-order valence-electron chi connectivity index (χ4n) is 4.83. The number of likely N-dealkylation sites (tertiary alicyclic amines) is 1. The Balaban J connectivity index is 0.00000484. The number of rotatable bonds is 11. The van der Waals surface area contributed by atoms with Crippen molar-refractivity contribution in [3.63, 3.8) is 0 Å². The van der Waals surface area contributed by atoms with Crippen molar-refractivity contribution in [1.82, 2.24) is 10.2 Å². The molecule has 0 saturated carbocycles. The number of aryl methyl sites for hydroxylation is 1. The fraction of sp³-hybridized carbons (Fsp3) is 0.387. The first kappa shape index (κ1) is 33.2. The molecule has 42 heavy (non-hydrogen) atoms. The highest BCUT2D eigenvalue weighted by Gasteiger charge is 2.25. The maximum atomic E-state index is 14.7. The Kier molecular flexibility index (Phi) is 12.0. The SMILES string of the molecule is CCCCN(C(=O)NC1CCN(Cc2ccc(Oc3ccc(NS(C)(=O)=O)cc3)cc2)CC1)c1ccc(C)cc1F.Cl. The van der Waals surface area contributed by atoms with Crippen molar-refractivity contribution in [3.05, 3.63) is 83.7 Å². The van der Waals surface area contributed by atoms with Gasteiger partial charge in [-0.15, -0.1) is 12.4 Å². The smallest absolute Gasteiger partial charge is 0.322 e. The molecular weight excluding hydrogens is 579 g/mol. The maximum Gasteiger partial charge on any atom is 0.322 e. The van der Waals surface area contributed by atoms with Crippen LogP contribution < -0.4 is 19.7 Å². The molecule has 3 aromatic carbocycles. The summed E-state index contributed by atoms with van der Waals surface area (Å²) in [5, 5.41) is 3.14. The van der Waals surface area contributed by atoms with E-state index in [4.69, 9.17) is 4.74 Å². The number of amides is 2. The Hall–Kier alpha value is -3.34. The van der Waals surface area contributed by atoms with Crippen LogP contribution in [0.1, 0.15) is 43.7 Å². The van der Waals surface area contributed by atoms with Crippen molar-refractivity contribution in [1.29, 1.82) is 0 Å². The Morgan fingerprint density at radius 3 is 2.21 bits per heavy atom. The van der Waals surface area contributed by atoms with Crippen molar-refractivity contribution >= 4 is 39.8 Å². The third-order valence-electron chi connectivity index (χ3n) is 7.01. The van der Waals surface area contributed by atoms with Crippen LogP contribution in [0.3, 0.4) is 0 Å². The molecule has 3 aromatic rings. The van der Waals surface area contributed by atoms with Crippen LogP contribution >= 0.6 is 12.4 Å². The molecule has 2 amide bonds. The second-order valence-corrected chi connectivity index (χ2v) is 12.4. The van der Waals surface area contributed by atoms with Crippen LogP contribution in [-0.4, -0.2) is 51.3 Å². The number of anilines is 2. The number of unbranched alkanes of at least 4 members (excludes halogenated alkanes) is 1. The van der Waals surface area contributed by atoms with Gasteiger partial charge in [-0.2, -0.15) is 0 Å². The van der Waals surface area contributed by atoms with Crippen molar-refractivity contribution < 1.29 is 22.3 Å². The third-order valence-corrected chi connectivity index (χ3v) is 7.62. The average Bonchev–Trinajstić information content (AvgIpc) is 2.92. The fourth-order valence-corrected chi connectivity index (χ4v) is 5.39. The Labute approximate surface area is 254 Å². The summed E-state index contributed by atoms with van der Waals surface area (Å²) in [6.45, 7) is 6.87. The molecule has 2 N–H and O–H groups in total. The van der Waals surface area contributed by atoms with Crippen LogP contribution in [0, 0.1) is 12.7 Å². The Bertz CT molecular complexity index is 1410. The molecule has 0 bridgehead atoms. The van der Waals surface area contributed by atoms with Crippen LogP contribution in [0.5, 0.6) is 11.5 Å². The predicted molar refractivity (Wildman–Crippen MR) is 169 cm³/mol. The van der Waals surface area contributed by atoms with E-state index in [2.05, 4.69) is 21.9 Å².